The van der Waals surface area contributed by atoms with Gasteiger partial charge < -0.3 is 15.7 Å². The van der Waals surface area contributed by atoms with Crippen LogP contribution in [0, 0.1) is 11.6 Å². The molecular weight excluding hydrogens is 278 g/mol. The van der Waals surface area contributed by atoms with Crippen molar-refractivity contribution in [2.45, 2.75) is 37.3 Å². The number of carbonyl (C=O) groups is 1. The molecular formula is C15H18F2N2O2. The van der Waals surface area contributed by atoms with Gasteiger partial charge in [-0.1, -0.05) is 0 Å². The second kappa shape index (κ2) is 5.35. The third kappa shape index (κ3) is 2.65. The minimum absolute atomic E-state index is 0.0937. The highest BCUT2D eigenvalue weighted by molar-refractivity contribution is 5.78. The Morgan fingerprint density at radius 2 is 2.05 bits per heavy atom. The van der Waals surface area contributed by atoms with E-state index >= 15 is 0 Å². The number of amides is 1. The largest absolute Gasteiger partial charge is 0.389 e. The van der Waals surface area contributed by atoms with Crippen LogP contribution in [0.5, 0.6) is 0 Å². The Morgan fingerprint density at radius 1 is 1.38 bits per heavy atom. The monoisotopic (exact) mass is 296 g/mol. The number of hydrogen-bond acceptors (Lipinski definition) is 3. The molecule has 6 heteroatoms. The molecule has 1 saturated heterocycles. The second-order valence-electron chi connectivity index (χ2n) is 5.93. The molecule has 0 spiro atoms. The van der Waals surface area contributed by atoms with Crippen LogP contribution in [0.25, 0.3) is 0 Å². The van der Waals surface area contributed by atoms with E-state index in [1.54, 1.807) is 4.90 Å². The number of halogens is 2. The van der Waals surface area contributed by atoms with Gasteiger partial charge in [0.1, 0.15) is 0 Å². The first-order valence-electron chi connectivity index (χ1n) is 7.15. The number of nitrogens with zero attached hydrogens (tertiary/aromatic N) is 1. The van der Waals surface area contributed by atoms with Crippen molar-refractivity contribution < 1.29 is 18.7 Å². The van der Waals surface area contributed by atoms with E-state index in [9.17, 15) is 18.7 Å². The molecule has 4 nitrogen and oxygen atoms in total. The first-order valence-corrected chi connectivity index (χ1v) is 7.15. The van der Waals surface area contributed by atoms with E-state index in [0.29, 0.717) is 25.9 Å². The zero-order chi connectivity index (χ0) is 15.1. The highest BCUT2D eigenvalue weighted by atomic mass is 19.2. The van der Waals surface area contributed by atoms with Crippen LogP contribution >= 0.6 is 0 Å². The van der Waals surface area contributed by atoms with Crippen LogP contribution in [0.2, 0.25) is 0 Å². The van der Waals surface area contributed by atoms with Gasteiger partial charge in [-0.2, -0.15) is 0 Å². The third-order valence-corrected chi connectivity index (χ3v) is 4.45. The lowest BCUT2D eigenvalue weighted by Gasteiger charge is -2.37. The van der Waals surface area contributed by atoms with Crippen molar-refractivity contribution in [2.75, 3.05) is 13.1 Å². The summed E-state index contributed by atoms with van der Waals surface area (Å²) in [5, 5.41) is 9.20. The number of fused-ring (bicyclic) bond motifs is 1. The molecule has 0 saturated carbocycles. The molecule has 114 valence electrons. The van der Waals surface area contributed by atoms with Gasteiger partial charge in [0.15, 0.2) is 11.6 Å². The number of carbonyl (C=O) groups excluding carboxylic acids is 1. The summed E-state index contributed by atoms with van der Waals surface area (Å²) in [7, 11) is 0. The predicted molar refractivity (Wildman–Crippen MR) is 72.6 cm³/mol. The number of nitrogens with two attached hydrogens (primary N) is 1. The summed E-state index contributed by atoms with van der Waals surface area (Å²) in [5.74, 6) is -1.92. The first-order chi connectivity index (χ1) is 9.95. The van der Waals surface area contributed by atoms with Gasteiger partial charge in [-0.25, -0.2) is 8.78 Å². The van der Waals surface area contributed by atoms with E-state index in [-0.39, 0.29) is 18.2 Å². The molecule has 1 aromatic rings. The number of aryl methyl sites for hydroxylation is 1. The molecule has 0 bridgehead atoms. The Bertz CT molecular complexity index is 573. The molecule has 1 aromatic carbocycles. The maximum Gasteiger partial charge on any atom is 0.224 e. The van der Waals surface area contributed by atoms with Crippen molar-refractivity contribution >= 4 is 5.91 Å². The minimum Gasteiger partial charge on any atom is -0.389 e. The Morgan fingerprint density at radius 3 is 2.71 bits per heavy atom. The molecule has 2 unspecified atom stereocenters. The van der Waals surface area contributed by atoms with Crippen LogP contribution in [-0.2, 0) is 11.2 Å². The van der Waals surface area contributed by atoms with Crippen LogP contribution in [-0.4, -0.2) is 41.1 Å². The standard InChI is InChI=1S/C15H18F2N2O2/c16-12-3-8-1-2-10(11(8)4-13(12)17)14(18)5-15(21)19-6-9(20)7-19/h3-4,9-10,14,20H,1-2,5-7,18H2. The molecule has 1 aliphatic heterocycles. The first kappa shape index (κ1) is 14.4. The van der Waals surface area contributed by atoms with Crippen molar-refractivity contribution in [2.24, 2.45) is 5.73 Å². The summed E-state index contributed by atoms with van der Waals surface area (Å²) in [6.07, 6.45) is 1.08. The van der Waals surface area contributed by atoms with Gasteiger partial charge in [-0.15, -0.1) is 0 Å². The van der Waals surface area contributed by atoms with Crippen LogP contribution in [0.1, 0.15) is 29.9 Å². The zero-order valence-corrected chi connectivity index (χ0v) is 11.6. The normalized spacial score (nSPS) is 22.9. The summed E-state index contributed by atoms with van der Waals surface area (Å²) in [6.45, 7) is 0.708. The molecule has 2 aliphatic rings. The molecule has 1 amide bonds. The molecule has 1 heterocycles. The smallest absolute Gasteiger partial charge is 0.224 e. The fourth-order valence-corrected chi connectivity index (χ4v) is 3.21. The van der Waals surface area contributed by atoms with Crippen LogP contribution in [0.15, 0.2) is 12.1 Å². The Kier molecular flexibility index (Phi) is 3.67. The summed E-state index contributed by atoms with van der Waals surface area (Å²) < 4.78 is 26.6. The Labute approximate surface area is 121 Å². The fourth-order valence-electron chi connectivity index (χ4n) is 3.21. The second-order valence-corrected chi connectivity index (χ2v) is 5.93. The molecule has 3 rings (SSSR count). The highest BCUT2D eigenvalue weighted by Crippen LogP contribution is 2.37. The number of aliphatic hydroxyl groups excluding tert-OH is 1. The topological polar surface area (TPSA) is 66.6 Å². The summed E-state index contributed by atoms with van der Waals surface area (Å²) in [5.41, 5.74) is 7.61. The number of likely N-dealkylation sites (tertiary alicyclic amines) is 1. The number of hydrogen-bond donors (Lipinski definition) is 2. The maximum absolute atomic E-state index is 13.4. The van der Waals surface area contributed by atoms with Crippen molar-refractivity contribution in [3.05, 3.63) is 34.9 Å². The van der Waals surface area contributed by atoms with E-state index in [0.717, 1.165) is 11.1 Å². The number of rotatable bonds is 3. The number of aliphatic hydroxyl groups is 1. The van der Waals surface area contributed by atoms with Gasteiger partial charge in [0.25, 0.3) is 0 Å². The van der Waals surface area contributed by atoms with Crippen LogP contribution in [0.4, 0.5) is 8.78 Å². The van der Waals surface area contributed by atoms with Crippen molar-refractivity contribution in [3.8, 4) is 0 Å². The van der Waals surface area contributed by atoms with Crippen molar-refractivity contribution in [3.63, 3.8) is 0 Å². The van der Waals surface area contributed by atoms with Gasteiger partial charge >= 0.3 is 0 Å². The fraction of sp³-hybridized carbons (Fsp3) is 0.533. The average Bonchev–Trinajstić information content (AvgIpc) is 2.78. The lowest BCUT2D eigenvalue weighted by molar-refractivity contribution is -0.141. The van der Waals surface area contributed by atoms with E-state index in [4.69, 9.17) is 5.73 Å². The van der Waals surface area contributed by atoms with E-state index in [2.05, 4.69) is 0 Å². The quantitative estimate of drug-likeness (QED) is 0.871. The lowest BCUT2D eigenvalue weighted by atomic mass is 9.91. The minimum atomic E-state index is -0.870. The van der Waals surface area contributed by atoms with Gasteiger partial charge in [-0.05, 0) is 36.1 Å². The molecule has 21 heavy (non-hydrogen) atoms. The van der Waals surface area contributed by atoms with E-state index in [1.165, 1.54) is 12.1 Å². The summed E-state index contributed by atoms with van der Waals surface area (Å²) in [4.78, 5) is 13.5. The predicted octanol–water partition coefficient (Wildman–Crippen LogP) is 0.915. The molecule has 0 radical (unpaired) electrons. The van der Waals surface area contributed by atoms with Gasteiger partial charge in [0.2, 0.25) is 5.91 Å². The third-order valence-electron chi connectivity index (χ3n) is 4.45. The van der Waals surface area contributed by atoms with E-state index in [1.807, 2.05) is 0 Å². The van der Waals surface area contributed by atoms with Gasteiger partial charge in [-0.3, -0.25) is 4.79 Å². The SMILES string of the molecule is NC(CC(=O)N1CC(O)C1)C1CCc2cc(F)c(F)cc21. The molecule has 3 N–H and O–H groups in total. The molecule has 0 aromatic heterocycles. The Balaban J connectivity index is 1.69. The molecule has 1 aliphatic carbocycles. The summed E-state index contributed by atoms with van der Waals surface area (Å²) >= 11 is 0. The number of β-amino-alcohol motifs (C(OH)–C–C–N with tert-alkyl or cyclic N) is 1. The number of benzene rings is 1. The Hall–Kier alpha value is -1.53. The molecule has 2 atom stereocenters. The van der Waals surface area contributed by atoms with Gasteiger partial charge in [0.05, 0.1) is 6.10 Å². The van der Waals surface area contributed by atoms with Crippen molar-refractivity contribution in [1.29, 1.82) is 0 Å². The van der Waals surface area contributed by atoms with Crippen LogP contribution < -0.4 is 5.73 Å². The average molecular weight is 296 g/mol. The lowest BCUT2D eigenvalue weighted by Crippen LogP contribution is -2.54. The van der Waals surface area contributed by atoms with Gasteiger partial charge in [0, 0.05) is 31.5 Å². The van der Waals surface area contributed by atoms with Crippen molar-refractivity contribution in [1.82, 2.24) is 4.90 Å². The maximum atomic E-state index is 13.4. The summed E-state index contributed by atoms with van der Waals surface area (Å²) in [6, 6.07) is 2.02. The van der Waals surface area contributed by atoms with Crippen LogP contribution in [0.3, 0.4) is 0 Å². The molecule has 1 fully saturated rings. The zero-order valence-electron chi connectivity index (χ0n) is 11.6. The highest BCUT2D eigenvalue weighted by Gasteiger charge is 2.34. The van der Waals surface area contributed by atoms with E-state index < -0.39 is 23.8 Å².